The topological polar surface area (TPSA) is 68.0 Å². The number of nitrogens with two attached hydrogens (primary N) is 1. The zero-order valence-electron chi connectivity index (χ0n) is 9.53. The number of aromatic nitrogens is 1. The second-order valence-electron chi connectivity index (χ2n) is 4.44. The maximum atomic E-state index is 11.4. The summed E-state index contributed by atoms with van der Waals surface area (Å²) in [6, 6.07) is 3.92. The number of carbonyl (C=O) groups is 1. The molecule has 0 bridgehead atoms. The number of rotatable bonds is 2. The molecule has 1 aliphatic rings. The van der Waals surface area contributed by atoms with E-state index in [4.69, 9.17) is 17.4 Å². The van der Waals surface area contributed by atoms with Crippen molar-refractivity contribution in [3.8, 4) is 0 Å². The molecular formula is C12H16ClN3O. The Balaban J connectivity index is 2.00. The number of hydrogen-bond donors (Lipinski definition) is 2. The predicted molar refractivity (Wildman–Crippen MR) is 66.3 cm³/mol. The molecule has 17 heavy (non-hydrogen) atoms. The molecule has 0 aromatic carbocycles. The second-order valence-corrected chi connectivity index (χ2v) is 4.80. The van der Waals surface area contributed by atoms with Crippen LogP contribution in [-0.4, -0.2) is 10.9 Å². The van der Waals surface area contributed by atoms with Crippen molar-refractivity contribution < 1.29 is 4.79 Å². The van der Waals surface area contributed by atoms with Gasteiger partial charge in [-0.3, -0.25) is 10.2 Å². The van der Waals surface area contributed by atoms with Crippen LogP contribution in [0, 0.1) is 5.92 Å². The molecule has 1 saturated carbocycles. The van der Waals surface area contributed by atoms with Gasteiger partial charge in [0.2, 0.25) is 5.91 Å². The number of halogens is 1. The summed E-state index contributed by atoms with van der Waals surface area (Å²) >= 11 is 6.07. The van der Waals surface area contributed by atoms with E-state index in [9.17, 15) is 4.79 Å². The maximum absolute atomic E-state index is 11.4. The summed E-state index contributed by atoms with van der Waals surface area (Å²) in [4.78, 5) is 15.5. The van der Waals surface area contributed by atoms with Gasteiger partial charge in [0.1, 0.15) is 5.15 Å². The van der Waals surface area contributed by atoms with Crippen LogP contribution < -0.4 is 11.3 Å². The summed E-state index contributed by atoms with van der Waals surface area (Å²) in [5.41, 5.74) is 3.32. The molecular weight excluding hydrogens is 238 g/mol. The summed E-state index contributed by atoms with van der Waals surface area (Å²) < 4.78 is 0. The van der Waals surface area contributed by atoms with Gasteiger partial charge in [-0.05, 0) is 43.2 Å². The van der Waals surface area contributed by atoms with Crippen molar-refractivity contribution >= 4 is 17.5 Å². The molecule has 0 aliphatic heterocycles. The average Bonchev–Trinajstić information content (AvgIpc) is 2.39. The highest BCUT2D eigenvalue weighted by Gasteiger charge is 2.27. The summed E-state index contributed by atoms with van der Waals surface area (Å²) in [6.07, 6.45) is 5.34. The Morgan fingerprint density at radius 3 is 2.71 bits per heavy atom. The molecule has 5 heteroatoms. The Kier molecular flexibility index (Phi) is 3.97. The fourth-order valence-corrected chi connectivity index (χ4v) is 2.76. The lowest BCUT2D eigenvalue weighted by Crippen LogP contribution is -2.37. The third kappa shape index (κ3) is 2.76. The van der Waals surface area contributed by atoms with Crippen LogP contribution in [0.25, 0.3) is 0 Å². The molecule has 1 heterocycles. The molecule has 0 unspecified atom stereocenters. The van der Waals surface area contributed by atoms with E-state index in [1.807, 2.05) is 12.1 Å². The van der Waals surface area contributed by atoms with E-state index in [-0.39, 0.29) is 11.8 Å². The average molecular weight is 254 g/mol. The van der Waals surface area contributed by atoms with Crippen LogP contribution in [0.1, 0.15) is 37.2 Å². The van der Waals surface area contributed by atoms with E-state index in [1.165, 1.54) is 0 Å². The first-order valence-electron chi connectivity index (χ1n) is 5.83. The Hall–Kier alpha value is -1.13. The standard InChI is InChI=1S/C12H16ClN3O/c13-11-10(2-1-7-15-11)8-3-5-9(6-4-8)12(17)16-14/h1-2,7-9H,3-6,14H2,(H,16,17). The molecule has 3 N–H and O–H groups in total. The Bertz CT molecular complexity index is 402. The van der Waals surface area contributed by atoms with Crippen LogP contribution in [-0.2, 0) is 4.79 Å². The van der Waals surface area contributed by atoms with Crippen molar-refractivity contribution in [2.24, 2.45) is 11.8 Å². The van der Waals surface area contributed by atoms with Gasteiger partial charge in [0, 0.05) is 12.1 Å². The van der Waals surface area contributed by atoms with Gasteiger partial charge in [0.05, 0.1) is 0 Å². The van der Waals surface area contributed by atoms with Gasteiger partial charge < -0.3 is 0 Å². The predicted octanol–water partition coefficient (Wildman–Crippen LogP) is 2.00. The van der Waals surface area contributed by atoms with Crippen LogP contribution in [0.3, 0.4) is 0 Å². The highest BCUT2D eigenvalue weighted by molar-refractivity contribution is 6.30. The Labute approximate surface area is 106 Å². The summed E-state index contributed by atoms with van der Waals surface area (Å²) in [5, 5.41) is 0.583. The Morgan fingerprint density at radius 1 is 1.41 bits per heavy atom. The number of nitrogens with one attached hydrogen (secondary N) is 1. The van der Waals surface area contributed by atoms with Crippen molar-refractivity contribution in [1.29, 1.82) is 0 Å². The zero-order chi connectivity index (χ0) is 12.3. The van der Waals surface area contributed by atoms with Crippen LogP contribution >= 0.6 is 11.6 Å². The highest BCUT2D eigenvalue weighted by Crippen LogP contribution is 2.37. The molecule has 4 nitrogen and oxygen atoms in total. The summed E-state index contributed by atoms with van der Waals surface area (Å²) in [5.74, 6) is 5.55. The van der Waals surface area contributed by atoms with E-state index < -0.39 is 0 Å². The van der Waals surface area contributed by atoms with Crippen LogP contribution in [0.4, 0.5) is 0 Å². The number of hydrazine groups is 1. The fraction of sp³-hybridized carbons (Fsp3) is 0.500. The van der Waals surface area contributed by atoms with Gasteiger partial charge in [-0.1, -0.05) is 17.7 Å². The van der Waals surface area contributed by atoms with Crippen molar-refractivity contribution in [2.45, 2.75) is 31.6 Å². The molecule has 1 aromatic heterocycles. The van der Waals surface area contributed by atoms with E-state index in [1.54, 1.807) is 6.20 Å². The first-order valence-corrected chi connectivity index (χ1v) is 6.21. The van der Waals surface area contributed by atoms with E-state index >= 15 is 0 Å². The summed E-state index contributed by atoms with van der Waals surface area (Å²) in [7, 11) is 0. The van der Waals surface area contributed by atoms with Gasteiger partial charge in [0.25, 0.3) is 0 Å². The first kappa shape index (κ1) is 12.3. The minimum atomic E-state index is -0.0549. The third-order valence-electron chi connectivity index (χ3n) is 3.47. The van der Waals surface area contributed by atoms with Gasteiger partial charge in [0.15, 0.2) is 0 Å². The quantitative estimate of drug-likeness (QED) is 0.367. The number of pyridine rings is 1. The molecule has 0 saturated heterocycles. The molecule has 1 amide bonds. The fourth-order valence-electron chi connectivity index (χ4n) is 2.49. The van der Waals surface area contributed by atoms with Crippen LogP contribution in [0.5, 0.6) is 0 Å². The van der Waals surface area contributed by atoms with E-state index in [2.05, 4.69) is 10.4 Å². The molecule has 0 spiro atoms. The van der Waals surface area contributed by atoms with Crippen LogP contribution in [0.2, 0.25) is 5.15 Å². The molecule has 1 fully saturated rings. The van der Waals surface area contributed by atoms with Gasteiger partial charge in [-0.15, -0.1) is 0 Å². The number of hydrogen-bond acceptors (Lipinski definition) is 3. The van der Waals surface area contributed by atoms with Gasteiger partial charge in [-0.25, -0.2) is 10.8 Å². The van der Waals surface area contributed by atoms with Crippen molar-refractivity contribution in [2.75, 3.05) is 0 Å². The Morgan fingerprint density at radius 2 is 2.12 bits per heavy atom. The molecule has 0 atom stereocenters. The number of carbonyl (C=O) groups excluding carboxylic acids is 1. The van der Waals surface area contributed by atoms with E-state index in [0.29, 0.717) is 11.1 Å². The van der Waals surface area contributed by atoms with Crippen molar-refractivity contribution in [3.63, 3.8) is 0 Å². The van der Waals surface area contributed by atoms with Gasteiger partial charge in [-0.2, -0.15) is 0 Å². The smallest absolute Gasteiger partial charge is 0.236 e. The summed E-state index contributed by atoms with van der Waals surface area (Å²) in [6.45, 7) is 0. The second kappa shape index (κ2) is 5.47. The lowest BCUT2D eigenvalue weighted by atomic mass is 9.79. The van der Waals surface area contributed by atoms with E-state index in [0.717, 1.165) is 31.2 Å². The van der Waals surface area contributed by atoms with Crippen molar-refractivity contribution in [1.82, 2.24) is 10.4 Å². The highest BCUT2D eigenvalue weighted by atomic mass is 35.5. The maximum Gasteiger partial charge on any atom is 0.236 e. The molecule has 1 aromatic rings. The lowest BCUT2D eigenvalue weighted by Gasteiger charge is -2.27. The monoisotopic (exact) mass is 253 g/mol. The minimum Gasteiger partial charge on any atom is -0.294 e. The number of amides is 1. The van der Waals surface area contributed by atoms with Gasteiger partial charge >= 0.3 is 0 Å². The number of nitrogens with zero attached hydrogens (tertiary/aromatic N) is 1. The van der Waals surface area contributed by atoms with Crippen LogP contribution in [0.15, 0.2) is 18.3 Å². The zero-order valence-corrected chi connectivity index (χ0v) is 10.3. The SMILES string of the molecule is NNC(=O)C1CCC(c2cccnc2Cl)CC1. The molecule has 1 aliphatic carbocycles. The third-order valence-corrected chi connectivity index (χ3v) is 3.78. The molecule has 0 radical (unpaired) electrons. The lowest BCUT2D eigenvalue weighted by molar-refractivity contribution is -0.126. The largest absolute Gasteiger partial charge is 0.294 e. The molecule has 92 valence electrons. The normalized spacial score (nSPS) is 24.4. The molecule has 2 rings (SSSR count). The van der Waals surface area contributed by atoms with Crippen molar-refractivity contribution in [3.05, 3.63) is 29.0 Å². The minimum absolute atomic E-state index is 0.0479. The first-order chi connectivity index (χ1) is 8.22.